The summed E-state index contributed by atoms with van der Waals surface area (Å²) in [6.07, 6.45) is 0. The van der Waals surface area contributed by atoms with Crippen LogP contribution in [0.1, 0.15) is 0 Å². The van der Waals surface area contributed by atoms with Gasteiger partial charge in [-0.15, -0.1) is 0 Å². The third-order valence-electron chi connectivity index (χ3n) is 6.99. The molecule has 4 aromatic carbocycles. The van der Waals surface area contributed by atoms with Crippen LogP contribution in [0.4, 0.5) is 0 Å². The van der Waals surface area contributed by atoms with Crippen LogP contribution in [0, 0.1) is 0 Å². The molecule has 4 aromatic rings. The van der Waals surface area contributed by atoms with Crippen molar-refractivity contribution in [2.24, 2.45) is 11.5 Å². The molecule has 0 aromatic heterocycles. The molecule has 0 spiro atoms. The number of para-hydroxylation sites is 2. The summed E-state index contributed by atoms with van der Waals surface area (Å²) < 4.78 is 12.8. The van der Waals surface area contributed by atoms with Crippen molar-refractivity contribution in [3.8, 4) is 33.8 Å². The SMILES string of the molecule is NCC(N)([PH]1(O)Oc2ccccc2-c2ccccc21)[PH]1(O)Oc2ccccc2-c2ccccc21. The summed E-state index contributed by atoms with van der Waals surface area (Å²) in [7, 11) is -8.34. The summed E-state index contributed by atoms with van der Waals surface area (Å²) in [5.74, 6) is 1.03. The van der Waals surface area contributed by atoms with E-state index in [1.807, 2.05) is 84.9 Å². The molecule has 0 unspecified atom stereocenters. The maximum atomic E-state index is 12.5. The number of benzene rings is 4. The molecule has 0 atom stereocenters. The van der Waals surface area contributed by atoms with Gasteiger partial charge in [-0.3, -0.25) is 0 Å². The standard InChI is InChI=1S/C26H26N2O4P2/c27-17-26(28,33(29)24-15-7-3-11-20(24)18-9-1-5-13-22(18)31-33)34(30)25-16-8-4-12-21(25)19-10-2-6-14-23(19)32-34/h1-16,29-30,33-34H,17,27-28H2. The van der Waals surface area contributed by atoms with Gasteiger partial charge < -0.3 is 0 Å². The van der Waals surface area contributed by atoms with Gasteiger partial charge in [0.15, 0.2) is 0 Å². The van der Waals surface area contributed by atoms with Crippen molar-refractivity contribution in [2.45, 2.75) is 5.02 Å². The third kappa shape index (κ3) is 2.73. The average molecular weight is 492 g/mol. The second kappa shape index (κ2) is 7.59. The van der Waals surface area contributed by atoms with Gasteiger partial charge in [0.1, 0.15) is 0 Å². The molecule has 8 heteroatoms. The molecule has 6 rings (SSSR count). The van der Waals surface area contributed by atoms with Crippen LogP contribution in [0.3, 0.4) is 0 Å². The summed E-state index contributed by atoms with van der Waals surface area (Å²) in [6, 6.07) is 30.0. The first-order valence-electron chi connectivity index (χ1n) is 11.1. The fourth-order valence-corrected chi connectivity index (χ4v) is 13.0. The first-order valence-corrected chi connectivity index (χ1v) is 14.8. The maximum absolute atomic E-state index is 12.5. The van der Waals surface area contributed by atoms with Crippen LogP contribution in [-0.4, -0.2) is 21.4 Å². The van der Waals surface area contributed by atoms with Crippen molar-refractivity contribution in [3.63, 3.8) is 0 Å². The molecule has 6 N–H and O–H groups in total. The summed E-state index contributed by atoms with van der Waals surface area (Å²) in [4.78, 5) is 25.0. The Bertz CT molecular complexity index is 1330. The predicted octanol–water partition coefficient (Wildman–Crippen LogP) is 3.47. The van der Waals surface area contributed by atoms with Gasteiger partial charge in [0.05, 0.1) is 0 Å². The molecule has 34 heavy (non-hydrogen) atoms. The molecule has 2 aliphatic heterocycles. The van der Waals surface area contributed by atoms with Crippen molar-refractivity contribution in [3.05, 3.63) is 97.1 Å². The fourth-order valence-electron chi connectivity index (χ4n) is 5.18. The molecule has 0 saturated carbocycles. The molecular weight excluding hydrogens is 466 g/mol. The van der Waals surface area contributed by atoms with Gasteiger partial charge in [-0.05, 0) is 0 Å². The van der Waals surface area contributed by atoms with Gasteiger partial charge in [-0.25, -0.2) is 0 Å². The quantitative estimate of drug-likeness (QED) is 0.326. The molecule has 0 radical (unpaired) electrons. The Hall–Kier alpha value is -2.82. The molecule has 0 saturated heterocycles. The normalized spacial score (nSPS) is 20.0. The van der Waals surface area contributed by atoms with Crippen LogP contribution in [0.5, 0.6) is 11.5 Å². The second-order valence-electron chi connectivity index (χ2n) is 8.75. The summed E-state index contributed by atoms with van der Waals surface area (Å²) in [5.41, 5.74) is 16.8. The van der Waals surface area contributed by atoms with Gasteiger partial charge in [0.25, 0.3) is 0 Å². The Morgan fingerprint density at radius 3 is 1.35 bits per heavy atom. The number of fused-ring (bicyclic) bond motifs is 6. The molecule has 174 valence electrons. The number of hydrogen-bond acceptors (Lipinski definition) is 6. The van der Waals surface area contributed by atoms with E-state index in [9.17, 15) is 9.79 Å². The van der Waals surface area contributed by atoms with Crippen LogP contribution >= 0.6 is 15.4 Å². The van der Waals surface area contributed by atoms with Gasteiger partial charge in [-0.1, -0.05) is 0 Å². The van der Waals surface area contributed by atoms with Crippen molar-refractivity contribution in [1.82, 2.24) is 0 Å². The number of hydrogen-bond donors (Lipinski definition) is 4. The van der Waals surface area contributed by atoms with Crippen LogP contribution < -0.4 is 31.1 Å². The minimum atomic E-state index is -4.17. The Morgan fingerprint density at radius 2 is 0.941 bits per heavy atom. The van der Waals surface area contributed by atoms with Crippen molar-refractivity contribution < 1.29 is 18.8 Å². The van der Waals surface area contributed by atoms with E-state index in [1.165, 1.54) is 0 Å². The second-order valence-corrected chi connectivity index (χ2v) is 15.1. The summed E-state index contributed by atoms with van der Waals surface area (Å²) in [6.45, 7) is -0.231. The van der Waals surface area contributed by atoms with Crippen LogP contribution in [0.2, 0.25) is 0 Å². The Balaban J connectivity index is 1.62. The van der Waals surface area contributed by atoms with Crippen molar-refractivity contribution in [1.29, 1.82) is 0 Å². The topological polar surface area (TPSA) is 111 Å². The van der Waals surface area contributed by atoms with E-state index in [-0.39, 0.29) is 6.54 Å². The van der Waals surface area contributed by atoms with Crippen LogP contribution in [0.25, 0.3) is 22.3 Å². The molecule has 2 aliphatic rings. The first-order chi connectivity index (χ1) is 16.4. The van der Waals surface area contributed by atoms with Gasteiger partial charge in [0, 0.05) is 0 Å². The van der Waals surface area contributed by atoms with E-state index in [1.54, 1.807) is 12.1 Å². The number of rotatable bonds is 3. The molecule has 2 heterocycles. The van der Waals surface area contributed by atoms with E-state index in [0.29, 0.717) is 22.1 Å². The minimum absolute atomic E-state index is 0.231. The average Bonchev–Trinajstić information content (AvgIpc) is 2.88. The summed E-state index contributed by atoms with van der Waals surface area (Å²) in [5, 5.41) is -0.599. The summed E-state index contributed by atoms with van der Waals surface area (Å²) >= 11 is 0. The van der Waals surface area contributed by atoms with Gasteiger partial charge in [0.2, 0.25) is 0 Å². The van der Waals surface area contributed by atoms with Crippen LogP contribution in [-0.2, 0) is 0 Å². The molecule has 6 nitrogen and oxygen atoms in total. The van der Waals surface area contributed by atoms with E-state index >= 15 is 0 Å². The zero-order valence-electron chi connectivity index (χ0n) is 18.3. The fraction of sp³-hybridized carbons (Fsp3) is 0.0769. The van der Waals surface area contributed by atoms with Crippen molar-refractivity contribution in [2.75, 3.05) is 6.54 Å². The monoisotopic (exact) mass is 492 g/mol. The molecular formula is C26H26N2O4P2. The van der Waals surface area contributed by atoms with E-state index in [4.69, 9.17) is 20.5 Å². The molecule has 0 bridgehead atoms. The van der Waals surface area contributed by atoms with Gasteiger partial charge in [-0.2, -0.15) is 0 Å². The van der Waals surface area contributed by atoms with E-state index in [2.05, 4.69) is 0 Å². The van der Waals surface area contributed by atoms with Gasteiger partial charge >= 0.3 is 199 Å². The zero-order valence-corrected chi connectivity index (χ0v) is 20.3. The predicted molar refractivity (Wildman–Crippen MR) is 141 cm³/mol. The number of nitrogens with two attached hydrogens (primary N) is 2. The first kappa shape index (κ1) is 21.7. The zero-order chi connectivity index (χ0) is 23.6. The van der Waals surface area contributed by atoms with Crippen LogP contribution in [0.15, 0.2) is 97.1 Å². The Kier molecular flexibility index (Phi) is 4.84. The molecule has 0 aliphatic carbocycles. The third-order valence-corrected chi connectivity index (χ3v) is 15.2. The Morgan fingerprint density at radius 1 is 0.588 bits per heavy atom. The molecule has 0 fully saturated rings. The Labute approximate surface area is 198 Å². The van der Waals surface area contributed by atoms with E-state index in [0.717, 1.165) is 22.3 Å². The van der Waals surface area contributed by atoms with E-state index < -0.39 is 20.5 Å². The molecule has 0 amide bonds. The van der Waals surface area contributed by atoms with Crippen molar-refractivity contribution >= 4 is 26.0 Å².